The highest BCUT2D eigenvalue weighted by Gasteiger charge is 2.36. The second kappa shape index (κ2) is 9.76. The van der Waals surface area contributed by atoms with E-state index in [1.54, 1.807) is 25.5 Å². The minimum Gasteiger partial charge on any atom is -0.755 e. The lowest BCUT2D eigenvalue weighted by Crippen LogP contribution is -2.53. The third-order valence-corrected chi connectivity index (χ3v) is 5.17. The first-order chi connectivity index (χ1) is 14.4. The Bertz CT molecular complexity index is 961. The van der Waals surface area contributed by atoms with Gasteiger partial charge >= 0.3 is 5.96 Å². The fraction of sp³-hybridized carbons (Fsp3) is 0.316. The number of hydrogen-bond donors (Lipinski definition) is 1. The fourth-order valence-corrected chi connectivity index (χ4v) is 3.66. The van der Waals surface area contributed by atoms with Crippen LogP contribution in [0.15, 0.2) is 58.3 Å². The number of aliphatic imine (C=N–C) groups is 1. The number of quaternary nitrogens is 1. The largest absolute Gasteiger partial charge is 0.755 e. The first-order valence-corrected chi connectivity index (χ1v) is 10.3. The summed E-state index contributed by atoms with van der Waals surface area (Å²) in [6.07, 6.45) is 3.68. The fourth-order valence-electron chi connectivity index (χ4n) is 3.01. The maximum Gasteiger partial charge on any atom is 0.322 e. The normalized spacial score (nSPS) is 18.8. The Morgan fingerprint density at radius 1 is 1.37 bits per heavy atom. The minimum absolute atomic E-state index is 0.109. The number of benzene rings is 1. The lowest BCUT2D eigenvalue weighted by molar-refractivity contribution is -0.792. The predicted octanol–water partition coefficient (Wildman–Crippen LogP) is 1.45. The topological polar surface area (TPSA) is 120 Å². The first kappa shape index (κ1) is 21.8. The Hall–Kier alpha value is -2.86. The molecule has 0 fully saturated rings. The van der Waals surface area contributed by atoms with Gasteiger partial charge in [0, 0.05) is 31.8 Å². The van der Waals surface area contributed by atoms with E-state index in [0.29, 0.717) is 18.1 Å². The highest BCUT2D eigenvalue weighted by Crippen LogP contribution is 2.20. The molecule has 30 heavy (non-hydrogen) atoms. The van der Waals surface area contributed by atoms with Gasteiger partial charge < -0.3 is 19.1 Å². The summed E-state index contributed by atoms with van der Waals surface area (Å²) in [6, 6.07) is 10.9. The van der Waals surface area contributed by atoms with Gasteiger partial charge in [0.1, 0.15) is 6.20 Å². The van der Waals surface area contributed by atoms with E-state index < -0.39 is 17.2 Å². The molecule has 1 aliphatic rings. The van der Waals surface area contributed by atoms with E-state index in [0.717, 1.165) is 9.87 Å². The lowest BCUT2D eigenvalue weighted by atomic mass is 10.1. The average molecular weight is 433 g/mol. The summed E-state index contributed by atoms with van der Waals surface area (Å²) < 4.78 is 35.1. The molecule has 3 rings (SSSR count). The number of nitrogens with zero attached hydrogens (tertiary/aromatic N) is 4. The Labute approximate surface area is 176 Å². The molecule has 0 saturated carbocycles. The highest BCUT2D eigenvalue weighted by atomic mass is 32.2. The molecule has 1 aliphatic heterocycles. The number of carbonyl (C=O) groups is 1. The van der Waals surface area contributed by atoms with Crippen LogP contribution in [0.5, 0.6) is 0 Å². The molecule has 10 nitrogen and oxygen atoms in total. The highest BCUT2D eigenvalue weighted by molar-refractivity contribution is 7.77. The van der Waals surface area contributed by atoms with Gasteiger partial charge in [-0.3, -0.25) is 9.00 Å². The van der Waals surface area contributed by atoms with E-state index >= 15 is 0 Å². The second-order valence-electron chi connectivity index (χ2n) is 6.78. The molecular weight excluding hydrogens is 410 g/mol. The Morgan fingerprint density at radius 2 is 2.13 bits per heavy atom. The number of methoxy groups -OCH3 is 1. The van der Waals surface area contributed by atoms with Crippen LogP contribution in [0.4, 0.5) is 0 Å². The van der Waals surface area contributed by atoms with Crippen LogP contribution < -0.4 is 5.32 Å². The van der Waals surface area contributed by atoms with Crippen molar-refractivity contribution in [3.05, 3.63) is 54.5 Å². The molecular formula is C19H23N5O5S. The van der Waals surface area contributed by atoms with Crippen LogP contribution in [0.25, 0.3) is 11.3 Å². The van der Waals surface area contributed by atoms with Gasteiger partial charge in [-0.25, -0.2) is 8.79 Å². The summed E-state index contributed by atoms with van der Waals surface area (Å²) >= 11 is -2.51. The number of nitrogens with one attached hydrogen (secondary N) is 1. The molecule has 0 bridgehead atoms. The van der Waals surface area contributed by atoms with Gasteiger partial charge in [-0.05, 0) is 6.42 Å². The molecule has 2 aromatic rings. The molecule has 0 spiro atoms. The number of rotatable bonds is 9. The Balaban J connectivity index is 1.53. The smallest absolute Gasteiger partial charge is 0.322 e. The quantitative estimate of drug-likeness (QED) is 0.363. The van der Waals surface area contributed by atoms with Crippen molar-refractivity contribution in [3.8, 4) is 11.3 Å². The van der Waals surface area contributed by atoms with E-state index in [1.165, 1.54) is 7.11 Å². The SMILES string of the molecule is COC[N+]1(C)C=CN=C1N(CCCNC(=O)c1cc(-c2ccccc2)on1)S(=O)[O-]. The van der Waals surface area contributed by atoms with Crippen molar-refractivity contribution < 1.29 is 27.3 Å². The third kappa shape index (κ3) is 5.00. The zero-order valence-corrected chi connectivity index (χ0v) is 17.5. The maximum absolute atomic E-state index is 12.3. The number of aromatic nitrogens is 1. The molecule has 160 valence electrons. The van der Waals surface area contributed by atoms with Crippen molar-refractivity contribution in [3.63, 3.8) is 0 Å². The molecule has 1 N–H and O–H groups in total. The third-order valence-electron chi connectivity index (χ3n) is 4.47. The van der Waals surface area contributed by atoms with Gasteiger partial charge in [0.2, 0.25) is 0 Å². The summed E-state index contributed by atoms with van der Waals surface area (Å²) in [4.78, 5) is 16.5. The van der Waals surface area contributed by atoms with Crippen LogP contribution >= 0.6 is 0 Å². The number of hydrogen-bond acceptors (Lipinski definition) is 7. The van der Waals surface area contributed by atoms with Crippen molar-refractivity contribution in [2.24, 2.45) is 4.99 Å². The van der Waals surface area contributed by atoms with Crippen LogP contribution in [0.3, 0.4) is 0 Å². The summed E-state index contributed by atoms with van der Waals surface area (Å²) in [6.45, 7) is 0.660. The first-order valence-electron chi connectivity index (χ1n) is 9.22. The molecule has 0 saturated heterocycles. The Morgan fingerprint density at radius 3 is 2.83 bits per heavy atom. The van der Waals surface area contributed by atoms with Crippen LogP contribution in [-0.2, 0) is 16.0 Å². The minimum atomic E-state index is -2.51. The summed E-state index contributed by atoms with van der Waals surface area (Å²) in [5.41, 5.74) is 0.979. The molecule has 0 aliphatic carbocycles. The van der Waals surface area contributed by atoms with Crippen LogP contribution in [-0.4, -0.2) is 68.6 Å². The molecule has 2 atom stereocenters. The van der Waals surface area contributed by atoms with Crippen LogP contribution in [0, 0.1) is 0 Å². The molecule has 1 amide bonds. The molecule has 1 aromatic carbocycles. The number of carbonyl (C=O) groups excluding carboxylic acids is 1. The van der Waals surface area contributed by atoms with Crippen molar-refractivity contribution in [1.82, 2.24) is 14.8 Å². The maximum atomic E-state index is 12.3. The molecule has 1 aromatic heterocycles. The van der Waals surface area contributed by atoms with Gasteiger partial charge in [0.05, 0.1) is 24.5 Å². The summed E-state index contributed by atoms with van der Waals surface area (Å²) in [7, 11) is 3.33. The van der Waals surface area contributed by atoms with Crippen molar-refractivity contribution >= 4 is 23.1 Å². The monoisotopic (exact) mass is 433 g/mol. The Kier molecular flexibility index (Phi) is 7.11. The van der Waals surface area contributed by atoms with E-state index in [9.17, 15) is 13.6 Å². The average Bonchev–Trinajstić information content (AvgIpc) is 3.36. The van der Waals surface area contributed by atoms with Crippen molar-refractivity contribution in [1.29, 1.82) is 0 Å². The summed E-state index contributed by atoms with van der Waals surface area (Å²) in [5, 5.41) is 6.52. The zero-order valence-electron chi connectivity index (χ0n) is 16.7. The predicted molar refractivity (Wildman–Crippen MR) is 109 cm³/mol. The number of guanidine groups is 1. The number of amides is 1. The van der Waals surface area contributed by atoms with Gasteiger partial charge in [-0.15, -0.1) is 0 Å². The zero-order chi connectivity index (χ0) is 21.6. The second-order valence-corrected chi connectivity index (χ2v) is 7.66. The van der Waals surface area contributed by atoms with Gasteiger partial charge in [0.15, 0.2) is 18.2 Å². The lowest BCUT2D eigenvalue weighted by Gasteiger charge is -2.33. The van der Waals surface area contributed by atoms with E-state index in [-0.39, 0.29) is 30.0 Å². The molecule has 0 radical (unpaired) electrons. The molecule has 2 heterocycles. The van der Waals surface area contributed by atoms with Crippen LogP contribution in [0.2, 0.25) is 0 Å². The van der Waals surface area contributed by atoms with E-state index in [2.05, 4.69) is 15.5 Å². The van der Waals surface area contributed by atoms with Crippen LogP contribution in [0.1, 0.15) is 16.9 Å². The molecule has 2 unspecified atom stereocenters. The summed E-state index contributed by atoms with van der Waals surface area (Å²) in [5.74, 6) is 0.437. The van der Waals surface area contributed by atoms with E-state index in [1.807, 2.05) is 30.3 Å². The van der Waals surface area contributed by atoms with Crippen molar-refractivity contribution in [2.45, 2.75) is 6.42 Å². The van der Waals surface area contributed by atoms with Gasteiger partial charge in [-0.1, -0.05) is 35.5 Å². The molecule has 11 heteroatoms. The van der Waals surface area contributed by atoms with Gasteiger partial charge in [-0.2, -0.15) is 4.99 Å². The number of ether oxygens (including phenoxy) is 1. The standard InChI is InChI=1S/C19H23N5O5S/c1-24(14-28-2)12-10-21-19(24)23(30(26)27)11-6-9-20-18(25)16-13-17(29-22-16)15-7-4-3-5-8-15/h3-5,7-8,10,12-13H,6,9,11,14H2,1-2H3,(H-,20,25,26,27). The van der Waals surface area contributed by atoms with Gasteiger partial charge in [0.25, 0.3) is 5.91 Å². The van der Waals surface area contributed by atoms with E-state index in [4.69, 9.17) is 9.26 Å². The van der Waals surface area contributed by atoms with Crippen molar-refractivity contribution in [2.75, 3.05) is 34.0 Å².